The summed E-state index contributed by atoms with van der Waals surface area (Å²) < 4.78 is 5.81. The Labute approximate surface area is 102 Å². The molecule has 0 saturated carbocycles. The molecule has 0 fully saturated rings. The van der Waals surface area contributed by atoms with Crippen molar-refractivity contribution in [2.24, 2.45) is 0 Å². The summed E-state index contributed by atoms with van der Waals surface area (Å²) in [5.74, 6) is 0.0272. The first-order valence-corrected chi connectivity index (χ1v) is 5.39. The molecular weight excluding hydrogens is 274 g/mol. The first kappa shape index (κ1) is 12.6. The highest BCUT2D eigenvalue weighted by molar-refractivity contribution is 9.11. The Morgan fingerprint density at radius 1 is 1.50 bits per heavy atom. The van der Waals surface area contributed by atoms with E-state index < -0.39 is 0 Å². The SMILES string of the molecule is C=C(Br)CNC(=O)COc1ccccc1O. The number of benzene rings is 1. The number of hydrogen-bond donors (Lipinski definition) is 2. The van der Waals surface area contributed by atoms with Crippen LogP contribution in [-0.4, -0.2) is 24.2 Å². The van der Waals surface area contributed by atoms with Crippen molar-refractivity contribution in [2.75, 3.05) is 13.2 Å². The Kier molecular flexibility index (Phi) is 4.85. The van der Waals surface area contributed by atoms with Crippen molar-refractivity contribution in [3.05, 3.63) is 35.3 Å². The summed E-state index contributed by atoms with van der Waals surface area (Å²) >= 11 is 3.12. The van der Waals surface area contributed by atoms with Gasteiger partial charge in [0.05, 0.1) is 0 Å². The van der Waals surface area contributed by atoms with E-state index in [1.807, 2.05) is 0 Å². The van der Waals surface area contributed by atoms with Crippen LogP contribution in [0.4, 0.5) is 0 Å². The Hall–Kier alpha value is -1.49. The number of carbonyl (C=O) groups excluding carboxylic acids is 1. The van der Waals surface area contributed by atoms with Crippen molar-refractivity contribution >= 4 is 21.8 Å². The van der Waals surface area contributed by atoms with Gasteiger partial charge in [0.2, 0.25) is 0 Å². The van der Waals surface area contributed by atoms with Crippen LogP contribution in [0.15, 0.2) is 35.3 Å². The maximum atomic E-state index is 11.3. The highest BCUT2D eigenvalue weighted by Crippen LogP contribution is 2.23. The second kappa shape index (κ2) is 6.17. The lowest BCUT2D eigenvalue weighted by atomic mass is 10.3. The number of carbonyl (C=O) groups is 1. The minimum atomic E-state index is -0.274. The van der Waals surface area contributed by atoms with E-state index in [0.29, 0.717) is 11.0 Å². The van der Waals surface area contributed by atoms with Gasteiger partial charge >= 0.3 is 0 Å². The summed E-state index contributed by atoms with van der Waals surface area (Å²) in [6.07, 6.45) is 0. The van der Waals surface area contributed by atoms with Gasteiger partial charge in [-0.2, -0.15) is 0 Å². The van der Waals surface area contributed by atoms with Crippen molar-refractivity contribution in [2.45, 2.75) is 0 Å². The van der Waals surface area contributed by atoms with Gasteiger partial charge in [-0.05, 0) is 12.1 Å². The number of amides is 1. The molecule has 0 saturated heterocycles. The first-order valence-electron chi connectivity index (χ1n) is 4.60. The van der Waals surface area contributed by atoms with Crippen LogP contribution >= 0.6 is 15.9 Å². The van der Waals surface area contributed by atoms with Crippen LogP contribution in [0.25, 0.3) is 0 Å². The van der Waals surface area contributed by atoms with Gasteiger partial charge in [-0.25, -0.2) is 0 Å². The predicted molar refractivity (Wildman–Crippen MR) is 64.7 cm³/mol. The Balaban J connectivity index is 2.37. The molecule has 0 atom stereocenters. The average molecular weight is 286 g/mol. The van der Waals surface area contributed by atoms with E-state index in [-0.39, 0.29) is 24.0 Å². The Bertz CT molecular complexity index is 393. The highest BCUT2D eigenvalue weighted by atomic mass is 79.9. The number of nitrogens with one attached hydrogen (secondary N) is 1. The molecule has 0 aromatic heterocycles. The van der Waals surface area contributed by atoms with Crippen molar-refractivity contribution in [1.82, 2.24) is 5.32 Å². The molecule has 0 radical (unpaired) electrons. The molecule has 1 amide bonds. The van der Waals surface area contributed by atoms with Gasteiger partial charge in [-0.15, -0.1) is 0 Å². The third kappa shape index (κ3) is 4.35. The minimum absolute atomic E-state index is 0.0141. The average Bonchev–Trinajstić information content (AvgIpc) is 2.25. The molecule has 0 heterocycles. The van der Waals surface area contributed by atoms with Crippen molar-refractivity contribution in [3.63, 3.8) is 0 Å². The second-order valence-corrected chi connectivity index (χ2v) is 4.17. The van der Waals surface area contributed by atoms with Gasteiger partial charge in [0.1, 0.15) is 0 Å². The van der Waals surface area contributed by atoms with Crippen LogP contribution in [0.2, 0.25) is 0 Å². The van der Waals surface area contributed by atoms with Crippen LogP contribution in [0.3, 0.4) is 0 Å². The lowest BCUT2D eigenvalue weighted by Gasteiger charge is -2.07. The number of hydrogen-bond acceptors (Lipinski definition) is 3. The topological polar surface area (TPSA) is 58.6 Å². The number of ether oxygens (including phenoxy) is 1. The third-order valence-electron chi connectivity index (χ3n) is 1.70. The molecule has 2 N–H and O–H groups in total. The maximum absolute atomic E-state index is 11.3. The quantitative estimate of drug-likeness (QED) is 0.867. The maximum Gasteiger partial charge on any atom is 0.258 e. The lowest BCUT2D eigenvalue weighted by Crippen LogP contribution is -2.29. The van der Waals surface area contributed by atoms with Crippen LogP contribution in [0.5, 0.6) is 11.5 Å². The normalized spacial score (nSPS) is 9.56. The van der Waals surface area contributed by atoms with E-state index >= 15 is 0 Å². The first-order chi connectivity index (χ1) is 7.59. The van der Waals surface area contributed by atoms with E-state index in [2.05, 4.69) is 27.8 Å². The number of para-hydroxylation sites is 2. The Morgan fingerprint density at radius 3 is 2.81 bits per heavy atom. The minimum Gasteiger partial charge on any atom is -0.504 e. The Morgan fingerprint density at radius 2 is 2.19 bits per heavy atom. The van der Waals surface area contributed by atoms with E-state index in [9.17, 15) is 9.90 Å². The van der Waals surface area contributed by atoms with Crippen molar-refractivity contribution < 1.29 is 14.6 Å². The molecule has 5 heteroatoms. The van der Waals surface area contributed by atoms with Gasteiger partial charge in [0.25, 0.3) is 5.91 Å². The number of phenols is 1. The van der Waals surface area contributed by atoms with Crippen molar-refractivity contribution in [1.29, 1.82) is 0 Å². The van der Waals surface area contributed by atoms with Crippen molar-refractivity contribution in [3.8, 4) is 11.5 Å². The monoisotopic (exact) mass is 285 g/mol. The molecule has 1 rings (SSSR count). The van der Waals surface area contributed by atoms with Crippen LogP contribution < -0.4 is 10.1 Å². The van der Waals surface area contributed by atoms with E-state index in [0.717, 1.165) is 0 Å². The fraction of sp³-hybridized carbons (Fsp3) is 0.182. The summed E-state index contributed by atoms with van der Waals surface area (Å²) in [4.78, 5) is 11.3. The zero-order valence-electron chi connectivity index (χ0n) is 8.57. The number of aromatic hydroxyl groups is 1. The van der Waals surface area contributed by atoms with Crippen LogP contribution in [-0.2, 0) is 4.79 Å². The third-order valence-corrected chi connectivity index (χ3v) is 1.98. The molecule has 1 aromatic rings. The number of rotatable bonds is 5. The summed E-state index contributed by atoms with van der Waals surface area (Å²) in [5, 5.41) is 11.9. The molecule has 4 nitrogen and oxygen atoms in total. The molecule has 0 unspecified atom stereocenters. The highest BCUT2D eigenvalue weighted by Gasteiger charge is 2.04. The predicted octanol–water partition coefficient (Wildman–Crippen LogP) is 1.80. The lowest BCUT2D eigenvalue weighted by molar-refractivity contribution is -0.122. The largest absolute Gasteiger partial charge is 0.504 e. The van der Waals surface area contributed by atoms with Gasteiger partial charge in [0, 0.05) is 11.0 Å². The summed E-state index contributed by atoms with van der Waals surface area (Å²) in [5.41, 5.74) is 0. The molecule has 0 aliphatic heterocycles. The molecule has 16 heavy (non-hydrogen) atoms. The molecule has 0 aliphatic rings. The zero-order valence-corrected chi connectivity index (χ0v) is 10.2. The second-order valence-electron chi connectivity index (χ2n) is 3.05. The summed E-state index contributed by atoms with van der Waals surface area (Å²) in [6, 6.07) is 6.48. The molecule has 86 valence electrons. The number of phenolic OH excluding ortho intramolecular Hbond substituents is 1. The molecular formula is C11H12BrNO3. The van der Waals surface area contributed by atoms with Gasteiger partial charge in [-0.1, -0.05) is 34.6 Å². The van der Waals surface area contributed by atoms with Crippen LogP contribution in [0.1, 0.15) is 0 Å². The van der Waals surface area contributed by atoms with E-state index in [4.69, 9.17) is 4.74 Å². The molecule has 1 aromatic carbocycles. The van der Waals surface area contributed by atoms with Crippen LogP contribution in [0, 0.1) is 0 Å². The zero-order chi connectivity index (χ0) is 12.0. The molecule has 0 spiro atoms. The summed E-state index contributed by atoms with van der Waals surface area (Å²) in [7, 11) is 0. The standard InChI is InChI=1S/C11H12BrNO3/c1-8(12)6-13-11(15)7-16-10-5-3-2-4-9(10)14/h2-5,14H,1,6-7H2,(H,13,15). The van der Waals surface area contributed by atoms with Gasteiger partial charge in [0.15, 0.2) is 18.1 Å². The van der Waals surface area contributed by atoms with Gasteiger partial charge in [-0.3, -0.25) is 4.79 Å². The molecule has 0 aliphatic carbocycles. The summed E-state index contributed by atoms with van der Waals surface area (Å²) in [6.45, 7) is 3.79. The fourth-order valence-electron chi connectivity index (χ4n) is 0.968. The molecule has 0 bridgehead atoms. The number of halogens is 1. The smallest absolute Gasteiger partial charge is 0.258 e. The fourth-order valence-corrected chi connectivity index (χ4v) is 1.11. The van der Waals surface area contributed by atoms with E-state index in [1.165, 1.54) is 6.07 Å². The van der Waals surface area contributed by atoms with E-state index in [1.54, 1.807) is 18.2 Å². The van der Waals surface area contributed by atoms with Gasteiger partial charge < -0.3 is 15.2 Å².